The minimum absolute atomic E-state index is 0.148. The summed E-state index contributed by atoms with van der Waals surface area (Å²) in [5, 5.41) is 0.819. The van der Waals surface area contributed by atoms with Gasteiger partial charge in [0.25, 0.3) is 5.91 Å². The van der Waals surface area contributed by atoms with E-state index in [0.717, 1.165) is 40.8 Å². The summed E-state index contributed by atoms with van der Waals surface area (Å²) >= 11 is 3.42. The third-order valence-corrected chi connectivity index (χ3v) is 6.55. The molecule has 1 atom stereocenters. The molecule has 1 amide bonds. The second-order valence-corrected chi connectivity index (χ2v) is 9.07. The number of benzene rings is 1. The van der Waals surface area contributed by atoms with Gasteiger partial charge < -0.3 is 15.4 Å². The molecule has 1 aromatic carbocycles. The quantitative estimate of drug-likeness (QED) is 0.414. The van der Waals surface area contributed by atoms with E-state index in [4.69, 9.17) is 10.5 Å². The maximum atomic E-state index is 13.8. The highest BCUT2D eigenvalue weighted by atomic mass is 79.9. The van der Waals surface area contributed by atoms with Gasteiger partial charge in [0.2, 0.25) is 0 Å². The number of hydrogen-bond acceptors (Lipinski definition) is 7. The largest absolute Gasteiger partial charge is 0.492 e. The van der Waals surface area contributed by atoms with Crippen molar-refractivity contribution in [1.82, 2.24) is 24.8 Å². The number of aromatic nitrogens is 4. The first-order chi connectivity index (χ1) is 16.5. The summed E-state index contributed by atoms with van der Waals surface area (Å²) in [6.07, 6.45) is 7.02. The van der Waals surface area contributed by atoms with Gasteiger partial charge >= 0.3 is 0 Å². The van der Waals surface area contributed by atoms with Crippen LogP contribution < -0.4 is 10.5 Å². The maximum Gasteiger partial charge on any atom is 0.254 e. The average molecular weight is 519 g/mol. The van der Waals surface area contributed by atoms with Crippen molar-refractivity contribution in [3.05, 3.63) is 82.1 Å². The van der Waals surface area contributed by atoms with Crippen LogP contribution in [0.25, 0.3) is 10.9 Å². The Morgan fingerprint density at radius 1 is 1.21 bits per heavy atom. The van der Waals surface area contributed by atoms with Gasteiger partial charge in [-0.3, -0.25) is 9.78 Å². The van der Waals surface area contributed by atoms with Gasteiger partial charge in [-0.25, -0.2) is 15.0 Å². The fourth-order valence-electron chi connectivity index (χ4n) is 4.08. The zero-order chi connectivity index (χ0) is 23.7. The Morgan fingerprint density at radius 2 is 2.03 bits per heavy atom. The fourth-order valence-corrected chi connectivity index (χ4v) is 4.42. The topological polar surface area (TPSA) is 107 Å². The molecule has 172 valence electrons. The van der Waals surface area contributed by atoms with E-state index in [1.807, 2.05) is 31.2 Å². The number of rotatable bonds is 5. The Morgan fingerprint density at radius 3 is 2.85 bits per heavy atom. The molecule has 1 aliphatic heterocycles. The van der Waals surface area contributed by atoms with Gasteiger partial charge in [0.1, 0.15) is 17.4 Å². The smallest absolute Gasteiger partial charge is 0.254 e. The number of nitrogen functional groups attached to an aromatic ring is 1. The lowest BCUT2D eigenvalue weighted by atomic mass is 10.1. The molecule has 0 saturated heterocycles. The van der Waals surface area contributed by atoms with E-state index in [0.29, 0.717) is 34.8 Å². The molecule has 2 N–H and O–H groups in total. The summed E-state index contributed by atoms with van der Waals surface area (Å²) in [4.78, 5) is 33.3. The monoisotopic (exact) mass is 518 g/mol. The first kappa shape index (κ1) is 22.2. The Labute approximate surface area is 205 Å². The Hall–Kier alpha value is -3.59. The molecule has 0 aliphatic carbocycles. The number of anilines is 1. The van der Waals surface area contributed by atoms with Crippen molar-refractivity contribution in [2.24, 2.45) is 0 Å². The normalized spacial score (nSPS) is 13.7. The summed E-state index contributed by atoms with van der Waals surface area (Å²) in [5.74, 6) is 1.64. The molecular weight excluding hydrogens is 496 g/mol. The highest BCUT2D eigenvalue weighted by molar-refractivity contribution is 9.10. The van der Waals surface area contributed by atoms with Crippen molar-refractivity contribution < 1.29 is 9.53 Å². The number of carbonyl (C=O) groups excluding carboxylic acids is 1. The number of nitrogens with zero attached hydrogens (tertiary/aromatic N) is 5. The molecule has 1 unspecified atom stereocenters. The van der Waals surface area contributed by atoms with Crippen molar-refractivity contribution in [2.75, 3.05) is 12.3 Å². The zero-order valence-corrected chi connectivity index (χ0v) is 20.2. The van der Waals surface area contributed by atoms with Gasteiger partial charge in [-0.2, -0.15) is 0 Å². The average Bonchev–Trinajstić information content (AvgIpc) is 2.87. The van der Waals surface area contributed by atoms with Crippen LogP contribution >= 0.6 is 15.9 Å². The molecule has 0 fully saturated rings. The van der Waals surface area contributed by atoms with Crippen LogP contribution in [0.3, 0.4) is 0 Å². The Kier molecular flexibility index (Phi) is 6.10. The van der Waals surface area contributed by atoms with Crippen LogP contribution in [-0.4, -0.2) is 37.3 Å². The number of carbonyl (C=O) groups is 1. The number of pyridine rings is 2. The molecular formula is C25H23BrN6O2. The number of ether oxygens (including phenoxy) is 1. The predicted octanol–water partition coefficient (Wildman–Crippen LogP) is 4.49. The minimum atomic E-state index is -0.366. The third-order valence-electron chi connectivity index (χ3n) is 5.92. The lowest BCUT2D eigenvalue weighted by Crippen LogP contribution is -2.34. The first-order valence-electron chi connectivity index (χ1n) is 11.0. The molecule has 1 aliphatic rings. The summed E-state index contributed by atoms with van der Waals surface area (Å²) in [6.45, 7) is 2.95. The number of nitrogens with two attached hydrogens (primary N) is 1. The predicted molar refractivity (Wildman–Crippen MR) is 132 cm³/mol. The van der Waals surface area contributed by atoms with E-state index in [1.54, 1.807) is 35.6 Å². The second kappa shape index (κ2) is 9.34. The van der Waals surface area contributed by atoms with Crippen molar-refractivity contribution in [1.29, 1.82) is 0 Å². The van der Waals surface area contributed by atoms with Crippen LogP contribution in [0.4, 0.5) is 5.82 Å². The molecule has 34 heavy (non-hydrogen) atoms. The summed E-state index contributed by atoms with van der Waals surface area (Å²) in [5.41, 5.74) is 9.07. The first-order valence-corrected chi connectivity index (χ1v) is 11.8. The number of halogens is 1. The van der Waals surface area contributed by atoms with Crippen LogP contribution in [0, 0.1) is 0 Å². The van der Waals surface area contributed by atoms with Crippen molar-refractivity contribution >= 4 is 38.6 Å². The van der Waals surface area contributed by atoms with Crippen molar-refractivity contribution in [3.8, 4) is 5.75 Å². The third kappa shape index (κ3) is 4.43. The Balaban J connectivity index is 1.51. The van der Waals surface area contributed by atoms with Gasteiger partial charge in [0.05, 0.1) is 41.1 Å². The molecule has 4 heterocycles. The van der Waals surface area contributed by atoms with E-state index >= 15 is 0 Å². The van der Waals surface area contributed by atoms with Gasteiger partial charge in [-0.1, -0.05) is 0 Å². The van der Waals surface area contributed by atoms with Crippen molar-refractivity contribution in [3.63, 3.8) is 0 Å². The standard InChI is InChI=1S/C25H23BrN6O2/c1-15(24-28-7-3-8-29-24)32(14-19-11-16-4-2-9-34-22(16)13-30-19)25(33)17-5-6-21-18(10-17)12-20(26)23(27)31-21/h3,5-8,10-13,15H,2,4,9,14H2,1H3,(H2,27,31). The van der Waals surface area contributed by atoms with Gasteiger partial charge in [0.15, 0.2) is 0 Å². The minimum Gasteiger partial charge on any atom is -0.492 e. The van der Waals surface area contributed by atoms with Crippen LogP contribution in [0.2, 0.25) is 0 Å². The molecule has 4 aromatic rings. The van der Waals surface area contributed by atoms with Crippen LogP contribution in [-0.2, 0) is 13.0 Å². The highest BCUT2D eigenvalue weighted by Crippen LogP contribution is 2.28. The number of amides is 1. The van der Waals surface area contributed by atoms with Gasteiger partial charge in [-0.05, 0) is 77.7 Å². The van der Waals surface area contributed by atoms with Crippen molar-refractivity contribution in [2.45, 2.75) is 32.4 Å². The van der Waals surface area contributed by atoms with Crippen LogP contribution in [0.15, 0.2) is 59.5 Å². The Bertz CT molecular complexity index is 1360. The number of fused-ring (bicyclic) bond motifs is 2. The summed E-state index contributed by atoms with van der Waals surface area (Å²) < 4.78 is 6.38. The molecule has 8 nitrogen and oxygen atoms in total. The van der Waals surface area contributed by atoms with Crippen LogP contribution in [0.5, 0.6) is 5.75 Å². The zero-order valence-electron chi connectivity index (χ0n) is 18.6. The van der Waals surface area contributed by atoms with E-state index in [9.17, 15) is 4.79 Å². The van der Waals surface area contributed by atoms with E-state index < -0.39 is 0 Å². The highest BCUT2D eigenvalue weighted by Gasteiger charge is 2.26. The lowest BCUT2D eigenvalue weighted by Gasteiger charge is -2.29. The van der Waals surface area contributed by atoms with Gasteiger partial charge in [0, 0.05) is 23.3 Å². The van der Waals surface area contributed by atoms with Gasteiger partial charge in [-0.15, -0.1) is 0 Å². The number of hydrogen-bond donors (Lipinski definition) is 1. The molecule has 0 radical (unpaired) electrons. The second-order valence-electron chi connectivity index (χ2n) is 8.21. The molecule has 5 rings (SSSR count). The molecule has 0 bridgehead atoms. The van der Waals surface area contributed by atoms with E-state index in [-0.39, 0.29) is 11.9 Å². The maximum absolute atomic E-state index is 13.8. The van der Waals surface area contributed by atoms with E-state index in [1.165, 1.54) is 0 Å². The summed E-state index contributed by atoms with van der Waals surface area (Å²) in [7, 11) is 0. The molecule has 9 heteroatoms. The molecule has 3 aromatic heterocycles. The van der Waals surface area contributed by atoms with Crippen LogP contribution in [0.1, 0.15) is 46.8 Å². The SMILES string of the molecule is CC(c1ncccn1)N(Cc1cc2c(cn1)OCCC2)C(=O)c1ccc2nc(N)c(Br)cc2c1. The summed E-state index contributed by atoms with van der Waals surface area (Å²) in [6, 6.07) is 10.7. The lowest BCUT2D eigenvalue weighted by molar-refractivity contribution is 0.0663. The van der Waals surface area contributed by atoms with E-state index in [2.05, 4.69) is 35.9 Å². The number of aryl methyl sites for hydroxylation is 1. The molecule has 0 spiro atoms. The fraction of sp³-hybridized carbons (Fsp3) is 0.240. The molecule has 0 saturated carbocycles.